The van der Waals surface area contributed by atoms with Gasteiger partial charge in [-0.1, -0.05) is 11.6 Å². The molecule has 6 heteroatoms. The van der Waals surface area contributed by atoms with Crippen LogP contribution in [0.3, 0.4) is 0 Å². The van der Waals surface area contributed by atoms with Gasteiger partial charge in [-0.15, -0.1) is 0 Å². The number of halogens is 4. The summed E-state index contributed by atoms with van der Waals surface area (Å²) in [6, 6.07) is 3.37. The van der Waals surface area contributed by atoms with Crippen molar-refractivity contribution >= 4 is 17.3 Å². The van der Waals surface area contributed by atoms with Crippen molar-refractivity contribution in [3.8, 4) is 0 Å². The van der Waals surface area contributed by atoms with Crippen LogP contribution in [-0.2, 0) is 6.18 Å². The fraction of sp³-hybridized carbons (Fsp3) is 0.500. The standard InChI is InChI=1S/C12H14ClF3N2/c13-10-4-3-8(12(14,15)16)6-11(10)18-5-1-2-9(17)7-18/h3-4,6,9H,1-2,5,7,17H2. The highest BCUT2D eigenvalue weighted by molar-refractivity contribution is 6.33. The zero-order valence-electron chi connectivity index (χ0n) is 9.67. The van der Waals surface area contributed by atoms with E-state index in [1.165, 1.54) is 6.07 Å². The molecule has 18 heavy (non-hydrogen) atoms. The van der Waals surface area contributed by atoms with Crippen LogP contribution in [0.4, 0.5) is 18.9 Å². The topological polar surface area (TPSA) is 29.3 Å². The van der Waals surface area contributed by atoms with E-state index >= 15 is 0 Å². The van der Waals surface area contributed by atoms with E-state index in [9.17, 15) is 13.2 Å². The maximum atomic E-state index is 12.7. The van der Waals surface area contributed by atoms with Gasteiger partial charge in [-0.25, -0.2) is 0 Å². The number of nitrogens with zero attached hydrogens (tertiary/aromatic N) is 1. The highest BCUT2D eigenvalue weighted by Gasteiger charge is 2.32. The van der Waals surface area contributed by atoms with Gasteiger partial charge in [-0.05, 0) is 31.0 Å². The predicted octanol–water partition coefficient (Wildman–Crippen LogP) is 3.29. The van der Waals surface area contributed by atoms with Crippen molar-refractivity contribution in [3.05, 3.63) is 28.8 Å². The minimum Gasteiger partial charge on any atom is -0.369 e. The molecule has 1 aromatic rings. The Labute approximate surface area is 109 Å². The van der Waals surface area contributed by atoms with Crippen molar-refractivity contribution < 1.29 is 13.2 Å². The molecule has 1 saturated heterocycles. The van der Waals surface area contributed by atoms with Crippen LogP contribution in [0, 0.1) is 0 Å². The molecule has 1 aliphatic rings. The van der Waals surface area contributed by atoms with Crippen LogP contribution < -0.4 is 10.6 Å². The van der Waals surface area contributed by atoms with Gasteiger partial charge in [0.2, 0.25) is 0 Å². The summed E-state index contributed by atoms with van der Waals surface area (Å²) in [6.45, 7) is 1.23. The molecule has 0 bridgehead atoms. The van der Waals surface area contributed by atoms with Crippen molar-refractivity contribution in [1.29, 1.82) is 0 Å². The van der Waals surface area contributed by atoms with Crippen LogP contribution in [-0.4, -0.2) is 19.1 Å². The summed E-state index contributed by atoms with van der Waals surface area (Å²) >= 11 is 5.98. The number of nitrogens with two attached hydrogens (primary N) is 1. The smallest absolute Gasteiger partial charge is 0.369 e. The van der Waals surface area contributed by atoms with Gasteiger partial charge in [0.25, 0.3) is 0 Å². The second-order valence-electron chi connectivity index (χ2n) is 4.51. The van der Waals surface area contributed by atoms with Gasteiger partial charge in [0.05, 0.1) is 16.3 Å². The molecule has 1 heterocycles. The Bertz CT molecular complexity index is 434. The fourth-order valence-corrected chi connectivity index (χ4v) is 2.40. The number of benzene rings is 1. The van der Waals surface area contributed by atoms with E-state index in [0.717, 1.165) is 25.0 Å². The van der Waals surface area contributed by atoms with Crippen LogP contribution in [0.2, 0.25) is 5.02 Å². The van der Waals surface area contributed by atoms with Crippen LogP contribution >= 0.6 is 11.6 Å². The molecule has 2 nitrogen and oxygen atoms in total. The number of hydrogen-bond acceptors (Lipinski definition) is 2. The number of anilines is 1. The van der Waals surface area contributed by atoms with E-state index in [2.05, 4.69) is 0 Å². The van der Waals surface area contributed by atoms with Crippen LogP contribution in [0.25, 0.3) is 0 Å². The maximum Gasteiger partial charge on any atom is 0.416 e. The number of alkyl halides is 3. The normalized spacial score (nSPS) is 21.2. The molecule has 1 atom stereocenters. The number of piperidine rings is 1. The van der Waals surface area contributed by atoms with Crippen LogP contribution in [0.1, 0.15) is 18.4 Å². The Morgan fingerprint density at radius 2 is 2.06 bits per heavy atom. The molecule has 1 fully saturated rings. The molecule has 1 unspecified atom stereocenters. The molecule has 100 valence electrons. The van der Waals surface area contributed by atoms with E-state index in [-0.39, 0.29) is 6.04 Å². The lowest BCUT2D eigenvalue weighted by molar-refractivity contribution is -0.137. The SMILES string of the molecule is NC1CCCN(c2cc(C(F)(F)F)ccc2Cl)C1. The zero-order chi connectivity index (χ0) is 13.3. The highest BCUT2D eigenvalue weighted by Crippen LogP contribution is 2.36. The molecule has 1 aliphatic heterocycles. The Balaban J connectivity index is 2.31. The highest BCUT2D eigenvalue weighted by atomic mass is 35.5. The zero-order valence-corrected chi connectivity index (χ0v) is 10.4. The first kappa shape index (κ1) is 13.5. The van der Waals surface area contributed by atoms with Gasteiger partial charge in [0.15, 0.2) is 0 Å². The Morgan fingerprint density at radius 1 is 1.33 bits per heavy atom. The largest absolute Gasteiger partial charge is 0.416 e. The van der Waals surface area contributed by atoms with Crippen molar-refractivity contribution in [3.63, 3.8) is 0 Å². The summed E-state index contributed by atoms with van der Waals surface area (Å²) in [5, 5.41) is 0.331. The average molecular weight is 279 g/mol. The summed E-state index contributed by atoms with van der Waals surface area (Å²) in [6.07, 6.45) is -2.59. The van der Waals surface area contributed by atoms with E-state index in [4.69, 9.17) is 17.3 Å². The molecule has 0 spiro atoms. The third kappa shape index (κ3) is 2.90. The second kappa shape index (κ2) is 4.97. The minimum absolute atomic E-state index is 0.00985. The lowest BCUT2D eigenvalue weighted by Crippen LogP contribution is -2.43. The van der Waals surface area contributed by atoms with Gasteiger partial charge < -0.3 is 10.6 Å². The monoisotopic (exact) mass is 278 g/mol. The first-order valence-corrected chi connectivity index (χ1v) is 6.13. The predicted molar refractivity (Wildman–Crippen MR) is 65.9 cm³/mol. The Kier molecular flexibility index (Phi) is 3.73. The molecule has 0 amide bonds. The van der Waals surface area contributed by atoms with E-state index < -0.39 is 11.7 Å². The quantitative estimate of drug-likeness (QED) is 0.854. The number of rotatable bonds is 1. The van der Waals surface area contributed by atoms with Gasteiger partial charge in [-0.2, -0.15) is 13.2 Å². The maximum absolute atomic E-state index is 12.7. The van der Waals surface area contributed by atoms with Crippen molar-refractivity contribution in [2.75, 3.05) is 18.0 Å². The van der Waals surface area contributed by atoms with Crippen LogP contribution in [0.5, 0.6) is 0 Å². The van der Waals surface area contributed by atoms with Gasteiger partial charge in [0, 0.05) is 19.1 Å². The molecule has 0 saturated carbocycles. The lowest BCUT2D eigenvalue weighted by Gasteiger charge is -2.33. The molecule has 2 N–H and O–H groups in total. The summed E-state index contributed by atoms with van der Waals surface area (Å²) in [5.74, 6) is 0. The van der Waals surface area contributed by atoms with E-state index in [1.54, 1.807) is 0 Å². The number of hydrogen-bond donors (Lipinski definition) is 1. The molecular weight excluding hydrogens is 265 g/mol. The van der Waals surface area contributed by atoms with E-state index in [0.29, 0.717) is 23.8 Å². The summed E-state index contributed by atoms with van der Waals surface area (Å²) in [5.41, 5.74) is 5.57. The molecule has 0 radical (unpaired) electrons. The summed E-state index contributed by atoms with van der Waals surface area (Å²) < 4.78 is 38.0. The van der Waals surface area contributed by atoms with Gasteiger partial charge >= 0.3 is 6.18 Å². The van der Waals surface area contributed by atoms with Gasteiger partial charge in [-0.3, -0.25) is 0 Å². The van der Waals surface area contributed by atoms with Crippen LogP contribution in [0.15, 0.2) is 18.2 Å². The Morgan fingerprint density at radius 3 is 2.67 bits per heavy atom. The van der Waals surface area contributed by atoms with Gasteiger partial charge in [0.1, 0.15) is 0 Å². The third-order valence-corrected chi connectivity index (χ3v) is 3.39. The fourth-order valence-electron chi connectivity index (χ4n) is 2.16. The molecule has 0 aromatic heterocycles. The Hall–Kier alpha value is -0.940. The molecular formula is C12H14ClF3N2. The van der Waals surface area contributed by atoms with Crippen molar-refractivity contribution in [2.24, 2.45) is 5.73 Å². The second-order valence-corrected chi connectivity index (χ2v) is 4.92. The molecule has 0 aliphatic carbocycles. The van der Waals surface area contributed by atoms with E-state index in [1.807, 2.05) is 4.90 Å². The first-order chi connectivity index (χ1) is 8.38. The lowest BCUT2D eigenvalue weighted by atomic mass is 10.1. The third-order valence-electron chi connectivity index (χ3n) is 3.07. The summed E-state index contributed by atoms with van der Waals surface area (Å²) in [7, 11) is 0. The first-order valence-electron chi connectivity index (χ1n) is 5.75. The molecule has 2 rings (SSSR count). The van der Waals surface area contributed by atoms with Crippen molar-refractivity contribution in [2.45, 2.75) is 25.1 Å². The molecule has 1 aromatic carbocycles. The average Bonchev–Trinajstić information content (AvgIpc) is 2.28. The summed E-state index contributed by atoms with van der Waals surface area (Å²) in [4.78, 5) is 1.83. The minimum atomic E-state index is -4.35. The van der Waals surface area contributed by atoms with Crippen molar-refractivity contribution in [1.82, 2.24) is 0 Å².